The molecule has 0 saturated heterocycles. The minimum atomic E-state index is -0.476. The number of nitrogens with two attached hydrogens (primary N) is 1. The Hall–Kier alpha value is -2.67. The lowest BCUT2D eigenvalue weighted by molar-refractivity contribution is -0.383. The third-order valence-corrected chi connectivity index (χ3v) is 2.56. The average Bonchev–Trinajstić information content (AvgIpc) is 2.45. The maximum absolute atomic E-state index is 11.1. The van der Waals surface area contributed by atoms with Gasteiger partial charge in [0.05, 0.1) is 17.2 Å². The zero-order valence-corrected chi connectivity index (χ0v) is 10.0. The van der Waals surface area contributed by atoms with Crippen LogP contribution in [0.3, 0.4) is 0 Å². The molecule has 0 unspecified atom stereocenters. The number of aromatic nitrogens is 1. The molecule has 0 fully saturated rings. The second kappa shape index (κ2) is 5.78. The quantitative estimate of drug-likeness (QED) is 0.430. The average molecular weight is 259 g/mol. The molecule has 7 heteroatoms. The summed E-state index contributed by atoms with van der Waals surface area (Å²) in [6, 6.07) is 10.4. The van der Waals surface area contributed by atoms with E-state index in [1.54, 1.807) is 24.4 Å². The van der Waals surface area contributed by atoms with Crippen LogP contribution in [0.25, 0.3) is 0 Å². The van der Waals surface area contributed by atoms with Crippen molar-refractivity contribution in [2.45, 2.75) is 6.54 Å². The normalized spacial score (nSPS) is 9.95. The van der Waals surface area contributed by atoms with Crippen molar-refractivity contribution < 1.29 is 4.92 Å². The van der Waals surface area contributed by atoms with E-state index in [2.05, 4.69) is 15.7 Å². The summed E-state index contributed by atoms with van der Waals surface area (Å²) in [7, 11) is 0. The van der Waals surface area contributed by atoms with Crippen LogP contribution in [0, 0.1) is 10.1 Å². The van der Waals surface area contributed by atoms with E-state index < -0.39 is 4.92 Å². The van der Waals surface area contributed by atoms with Crippen LogP contribution in [0.15, 0.2) is 42.6 Å². The molecule has 0 amide bonds. The number of hydrazine groups is 1. The molecule has 0 aliphatic rings. The molecule has 0 radical (unpaired) electrons. The van der Waals surface area contributed by atoms with Crippen molar-refractivity contribution in [3.63, 3.8) is 0 Å². The maximum atomic E-state index is 11.1. The Kier molecular flexibility index (Phi) is 3.89. The van der Waals surface area contributed by atoms with Crippen molar-refractivity contribution in [3.8, 4) is 0 Å². The van der Waals surface area contributed by atoms with E-state index in [1.807, 2.05) is 18.2 Å². The summed E-state index contributed by atoms with van der Waals surface area (Å²) in [4.78, 5) is 14.7. The van der Waals surface area contributed by atoms with Gasteiger partial charge in [-0.15, -0.1) is 0 Å². The number of nitro benzene ring substituents is 1. The molecule has 7 nitrogen and oxygen atoms in total. The van der Waals surface area contributed by atoms with Crippen LogP contribution >= 0.6 is 0 Å². The highest BCUT2D eigenvalue weighted by Gasteiger charge is 2.18. The first kappa shape index (κ1) is 12.8. The summed E-state index contributed by atoms with van der Waals surface area (Å²) < 4.78 is 0. The smallest absolute Gasteiger partial charge is 0.316 e. The largest absolute Gasteiger partial charge is 0.374 e. The Balaban J connectivity index is 2.23. The summed E-state index contributed by atoms with van der Waals surface area (Å²) in [5.74, 6) is 5.27. The highest BCUT2D eigenvalue weighted by atomic mass is 16.6. The van der Waals surface area contributed by atoms with Crippen molar-refractivity contribution in [2.75, 3.05) is 10.7 Å². The van der Waals surface area contributed by atoms with Gasteiger partial charge in [-0.3, -0.25) is 20.9 Å². The van der Waals surface area contributed by atoms with Gasteiger partial charge < -0.3 is 10.7 Å². The number of para-hydroxylation sites is 1. The molecule has 0 aliphatic carbocycles. The summed E-state index contributed by atoms with van der Waals surface area (Å²) in [6.07, 6.45) is 1.67. The molecule has 4 N–H and O–H groups in total. The fraction of sp³-hybridized carbons (Fsp3) is 0.0833. The second-order valence-electron chi connectivity index (χ2n) is 3.78. The lowest BCUT2D eigenvalue weighted by Crippen LogP contribution is -2.11. The van der Waals surface area contributed by atoms with E-state index in [-0.39, 0.29) is 11.4 Å². The van der Waals surface area contributed by atoms with Crippen molar-refractivity contribution in [3.05, 3.63) is 58.4 Å². The van der Waals surface area contributed by atoms with Gasteiger partial charge in [0.15, 0.2) is 0 Å². The molecule has 98 valence electrons. The monoisotopic (exact) mass is 259 g/mol. The molecule has 2 rings (SSSR count). The van der Waals surface area contributed by atoms with Gasteiger partial charge in [0.25, 0.3) is 0 Å². The minimum Gasteiger partial charge on any atom is -0.374 e. The standard InChI is InChI=1S/C12H13N5O2/c13-16-11-6-3-5-10(12(11)17(18)19)15-8-9-4-1-2-7-14-9/h1-7,15-16H,8,13H2. The maximum Gasteiger partial charge on any atom is 0.316 e. The van der Waals surface area contributed by atoms with Gasteiger partial charge in [-0.1, -0.05) is 12.1 Å². The third-order valence-electron chi connectivity index (χ3n) is 2.56. The molecule has 1 aromatic heterocycles. The lowest BCUT2D eigenvalue weighted by atomic mass is 10.2. The molecule has 0 aliphatic heterocycles. The predicted octanol–water partition coefficient (Wildman–Crippen LogP) is 1.89. The van der Waals surface area contributed by atoms with E-state index in [0.717, 1.165) is 5.69 Å². The zero-order valence-electron chi connectivity index (χ0n) is 10.0. The third kappa shape index (κ3) is 2.96. The van der Waals surface area contributed by atoms with E-state index in [0.29, 0.717) is 12.2 Å². The summed E-state index contributed by atoms with van der Waals surface area (Å²) >= 11 is 0. The molecule has 0 atom stereocenters. The van der Waals surface area contributed by atoms with Crippen LogP contribution < -0.4 is 16.6 Å². The number of anilines is 2. The first-order valence-corrected chi connectivity index (χ1v) is 5.60. The molecule has 2 aromatic rings. The number of nitrogens with one attached hydrogen (secondary N) is 2. The summed E-state index contributed by atoms with van der Waals surface area (Å²) in [6.45, 7) is 0.399. The van der Waals surface area contributed by atoms with Gasteiger partial charge in [-0.05, 0) is 24.3 Å². The Morgan fingerprint density at radius 3 is 2.63 bits per heavy atom. The van der Waals surface area contributed by atoms with Crippen LogP contribution in [0.2, 0.25) is 0 Å². The van der Waals surface area contributed by atoms with Crippen LogP contribution in [0.4, 0.5) is 17.1 Å². The molecule has 0 bridgehead atoms. The summed E-state index contributed by atoms with van der Waals surface area (Å²) in [5, 5.41) is 14.1. The fourth-order valence-corrected chi connectivity index (χ4v) is 1.69. The van der Waals surface area contributed by atoms with Gasteiger partial charge in [-0.25, -0.2) is 0 Å². The second-order valence-corrected chi connectivity index (χ2v) is 3.78. The highest BCUT2D eigenvalue weighted by Crippen LogP contribution is 2.32. The van der Waals surface area contributed by atoms with Crippen LogP contribution in [-0.2, 0) is 6.54 Å². The van der Waals surface area contributed by atoms with Gasteiger partial charge >= 0.3 is 5.69 Å². The first-order valence-electron chi connectivity index (χ1n) is 5.60. The molecule has 0 spiro atoms. The number of pyridine rings is 1. The number of benzene rings is 1. The number of nitrogens with zero attached hydrogens (tertiary/aromatic N) is 2. The minimum absolute atomic E-state index is 0.0825. The predicted molar refractivity (Wildman–Crippen MR) is 72.5 cm³/mol. The number of hydrogen-bond donors (Lipinski definition) is 3. The van der Waals surface area contributed by atoms with Crippen molar-refractivity contribution in [1.82, 2.24) is 4.98 Å². The number of nitro groups is 1. The fourth-order valence-electron chi connectivity index (χ4n) is 1.69. The van der Waals surface area contributed by atoms with Crippen LogP contribution in [0.1, 0.15) is 5.69 Å². The van der Waals surface area contributed by atoms with Crippen LogP contribution in [-0.4, -0.2) is 9.91 Å². The van der Waals surface area contributed by atoms with E-state index in [1.165, 1.54) is 0 Å². The van der Waals surface area contributed by atoms with Gasteiger partial charge in [0, 0.05) is 6.20 Å². The topological polar surface area (TPSA) is 106 Å². The van der Waals surface area contributed by atoms with Gasteiger partial charge in [0.2, 0.25) is 0 Å². The Bertz CT molecular complexity index is 574. The van der Waals surface area contributed by atoms with E-state index in [4.69, 9.17) is 5.84 Å². The molecular formula is C12H13N5O2. The van der Waals surface area contributed by atoms with Crippen molar-refractivity contribution in [2.24, 2.45) is 5.84 Å². The van der Waals surface area contributed by atoms with Gasteiger partial charge in [0.1, 0.15) is 11.4 Å². The zero-order chi connectivity index (χ0) is 13.7. The number of nitrogen functional groups attached to an aromatic ring is 1. The SMILES string of the molecule is NNc1cccc(NCc2ccccn2)c1[N+](=O)[O-]. The molecule has 1 aromatic carbocycles. The first-order chi connectivity index (χ1) is 9.22. The molecule has 19 heavy (non-hydrogen) atoms. The van der Waals surface area contributed by atoms with E-state index >= 15 is 0 Å². The van der Waals surface area contributed by atoms with E-state index in [9.17, 15) is 10.1 Å². The molecule has 0 saturated carbocycles. The Morgan fingerprint density at radius 1 is 1.21 bits per heavy atom. The molecular weight excluding hydrogens is 246 g/mol. The molecule has 1 heterocycles. The lowest BCUT2D eigenvalue weighted by Gasteiger charge is -2.09. The van der Waals surface area contributed by atoms with Crippen molar-refractivity contribution >= 4 is 17.1 Å². The van der Waals surface area contributed by atoms with Crippen LogP contribution in [0.5, 0.6) is 0 Å². The summed E-state index contributed by atoms with van der Waals surface area (Å²) in [5.41, 5.74) is 3.68. The Labute approximate surface area is 109 Å². The number of rotatable bonds is 5. The Morgan fingerprint density at radius 2 is 2.00 bits per heavy atom. The number of hydrogen-bond acceptors (Lipinski definition) is 6. The van der Waals surface area contributed by atoms with Gasteiger partial charge in [-0.2, -0.15) is 0 Å². The highest BCUT2D eigenvalue weighted by molar-refractivity contribution is 5.75. The van der Waals surface area contributed by atoms with Crippen molar-refractivity contribution in [1.29, 1.82) is 0 Å².